The van der Waals surface area contributed by atoms with Crippen molar-refractivity contribution >= 4 is 35.0 Å². The molecule has 4 nitrogen and oxygen atoms in total. The van der Waals surface area contributed by atoms with E-state index in [1.165, 1.54) is 6.04 Å². The minimum Gasteiger partial charge on any atom is -0.360 e. The average Bonchev–Trinajstić information content (AvgIpc) is 2.66. The van der Waals surface area contributed by atoms with Crippen LogP contribution < -0.4 is 0 Å². The summed E-state index contributed by atoms with van der Waals surface area (Å²) in [4.78, 5) is 4.29. The molecule has 0 unspecified atom stereocenters. The third-order valence-corrected chi connectivity index (χ3v) is 4.81. The standard InChI is InChI=1S/C12H18BrN3OSi/c1-18(2,3)5-4-17-9-16-12-6-10(13)7-14-11(12)8-15-16/h6-8H,4-5,9H2,1-3H3. The lowest BCUT2D eigenvalue weighted by Gasteiger charge is -2.15. The minimum atomic E-state index is -1.02. The van der Waals surface area contributed by atoms with Crippen LogP contribution >= 0.6 is 15.9 Å². The molecule has 2 aromatic heterocycles. The third-order valence-electron chi connectivity index (χ3n) is 2.67. The molecular weight excluding hydrogens is 310 g/mol. The summed E-state index contributed by atoms with van der Waals surface area (Å²) in [6, 6.07) is 3.19. The van der Waals surface area contributed by atoms with Gasteiger partial charge in [-0.3, -0.25) is 4.98 Å². The lowest BCUT2D eigenvalue weighted by Crippen LogP contribution is -2.22. The van der Waals surface area contributed by atoms with Gasteiger partial charge in [-0.25, -0.2) is 4.68 Å². The molecule has 0 radical (unpaired) electrons. The molecule has 2 rings (SSSR count). The molecule has 0 N–H and O–H groups in total. The molecule has 2 heterocycles. The van der Waals surface area contributed by atoms with Crippen molar-refractivity contribution in [2.45, 2.75) is 32.4 Å². The molecule has 0 aliphatic heterocycles. The second-order valence-electron chi connectivity index (χ2n) is 5.55. The summed E-state index contributed by atoms with van der Waals surface area (Å²) in [7, 11) is -1.02. The fraction of sp³-hybridized carbons (Fsp3) is 0.500. The van der Waals surface area contributed by atoms with E-state index in [1.807, 2.05) is 10.7 Å². The second-order valence-corrected chi connectivity index (χ2v) is 12.1. The van der Waals surface area contributed by atoms with Crippen LogP contribution in [0.3, 0.4) is 0 Å². The lowest BCUT2D eigenvalue weighted by atomic mass is 10.4. The van der Waals surface area contributed by atoms with Gasteiger partial charge in [-0.15, -0.1) is 0 Å². The maximum atomic E-state index is 5.69. The lowest BCUT2D eigenvalue weighted by molar-refractivity contribution is 0.0817. The molecule has 0 bridgehead atoms. The number of ether oxygens (including phenoxy) is 1. The van der Waals surface area contributed by atoms with Crippen molar-refractivity contribution in [2.24, 2.45) is 0 Å². The van der Waals surface area contributed by atoms with Gasteiger partial charge in [-0.1, -0.05) is 19.6 Å². The largest absolute Gasteiger partial charge is 0.360 e. The van der Waals surface area contributed by atoms with E-state index in [0.29, 0.717) is 6.73 Å². The molecule has 98 valence electrons. The third kappa shape index (κ3) is 3.63. The van der Waals surface area contributed by atoms with Crippen LogP contribution in [0.2, 0.25) is 25.7 Å². The average molecular weight is 328 g/mol. The van der Waals surface area contributed by atoms with E-state index in [2.05, 4.69) is 45.7 Å². The Hall–Kier alpha value is -0.723. The zero-order valence-corrected chi connectivity index (χ0v) is 13.6. The number of halogens is 1. The molecule has 0 aliphatic carbocycles. The van der Waals surface area contributed by atoms with Crippen molar-refractivity contribution in [3.05, 3.63) is 22.9 Å². The minimum absolute atomic E-state index is 0.492. The molecule has 0 amide bonds. The van der Waals surface area contributed by atoms with E-state index in [1.54, 1.807) is 12.4 Å². The van der Waals surface area contributed by atoms with Crippen LogP contribution in [0.5, 0.6) is 0 Å². The van der Waals surface area contributed by atoms with Gasteiger partial charge in [0.25, 0.3) is 0 Å². The normalized spacial score (nSPS) is 12.2. The summed E-state index contributed by atoms with van der Waals surface area (Å²) >= 11 is 3.42. The zero-order valence-electron chi connectivity index (χ0n) is 11.0. The summed E-state index contributed by atoms with van der Waals surface area (Å²) < 4.78 is 8.50. The van der Waals surface area contributed by atoms with Crippen molar-refractivity contribution in [3.8, 4) is 0 Å². The number of fused-ring (bicyclic) bond motifs is 1. The SMILES string of the molecule is C[Si](C)(C)CCOCn1ncc2ncc(Br)cc21. The molecule has 0 saturated heterocycles. The maximum Gasteiger partial charge on any atom is 0.140 e. The van der Waals surface area contributed by atoms with Crippen molar-refractivity contribution < 1.29 is 4.74 Å². The van der Waals surface area contributed by atoms with E-state index in [-0.39, 0.29) is 0 Å². The Morgan fingerprint density at radius 3 is 2.83 bits per heavy atom. The Balaban J connectivity index is 1.98. The Kier molecular flexibility index (Phi) is 4.19. The summed E-state index contributed by atoms with van der Waals surface area (Å²) in [5, 5.41) is 4.29. The Morgan fingerprint density at radius 2 is 2.11 bits per heavy atom. The molecule has 0 atom stereocenters. The van der Waals surface area contributed by atoms with Crippen LogP contribution in [0.4, 0.5) is 0 Å². The first-order valence-electron chi connectivity index (χ1n) is 6.00. The van der Waals surface area contributed by atoms with E-state index < -0.39 is 8.07 Å². The molecule has 0 aromatic carbocycles. The van der Waals surface area contributed by atoms with Crippen molar-refractivity contribution in [1.29, 1.82) is 0 Å². The fourth-order valence-corrected chi connectivity index (χ4v) is 2.64. The molecule has 6 heteroatoms. The van der Waals surface area contributed by atoms with Gasteiger partial charge in [0.2, 0.25) is 0 Å². The van der Waals surface area contributed by atoms with Gasteiger partial charge < -0.3 is 4.74 Å². The highest BCUT2D eigenvalue weighted by molar-refractivity contribution is 9.10. The van der Waals surface area contributed by atoms with Gasteiger partial charge in [-0.05, 0) is 28.0 Å². The molecule has 0 spiro atoms. The topological polar surface area (TPSA) is 39.9 Å². The predicted molar refractivity (Wildman–Crippen MR) is 79.3 cm³/mol. The number of pyridine rings is 1. The predicted octanol–water partition coefficient (Wildman–Crippen LogP) is 3.51. The van der Waals surface area contributed by atoms with Gasteiger partial charge in [0, 0.05) is 25.4 Å². The van der Waals surface area contributed by atoms with Gasteiger partial charge in [-0.2, -0.15) is 5.10 Å². The van der Waals surface area contributed by atoms with Crippen LogP contribution in [0.25, 0.3) is 11.0 Å². The molecule has 0 saturated carbocycles. The number of hydrogen-bond donors (Lipinski definition) is 0. The molecular formula is C12H18BrN3OSi. The zero-order chi connectivity index (χ0) is 13.2. The van der Waals surface area contributed by atoms with Crippen LogP contribution in [0.1, 0.15) is 0 Å². The molecule has 0 aliphatic rings. The summed E-state index contributed by atoms with van der Waals surface area (Å²) in [5.74, 6) is 0. The van der Waals surface area contributed by atoms with Gasteiger partial charge >= 0.3 is 0 Å². The number of nitrogens with zero attached hydrogens (tertiary/aromatic N) is 3. The van der Waals surface area contributed by atoms with Crippen molar-refractivity contribution in [2.75, 3.05) is 6.61 Å². The highest BCUT2D eigenvalue weighted by Gasteiger charge is 2.12. The van der Waals surface area contributed by atoms with E-state index in [0.717, 1.165) is 22.1 Å². The maximum absolute atomic E-state index is 5.69. The summed E-state index contributed by atoms with van der Waals surface area (Å²) in [6.45, 7) is 8.34. The summed E-state index contributed by atoms with van der Waals surface area (Å²) in [5.41, 5.74) is 1.89. The summed E-state index contributed by atoms with van der Waals surface area (Å²) in [6.07, 6.45) is 3.55. The molecule has 18 heavy (non-hydrogen) atoms. The van der Waals surface area contributed by atoms with Crippen LogP contribution in [-0.2, 0) is 11.5 Å². The van der Waals surface area contributed by atoms with Crippen LogP contribution in [0.15, 0.2) is 22.9 Å². The van der Waals surface area contributed by atoms with Crippen molar-refractivity contribution in [1.82, 2.24) is 14.8 Å². The first-order chi connectivity index (χ1) is 8.46. The van der Waals surface area contributed by atoms with Crippen molar-refractivity contribution in [3.63, 3.8) is 0 Å². The number of aromatic nitrogens is 3. The van der Waals surface area contributed by atoms with E-state index in [9.17, 15) is 0 Å². The first-order valence-corrected chi connectivity index (χ1v) is 10.5. The fourth-order valence-electron chi connectivity index (χ4n) is 1.56. The van der Waals surface area contributed by atoms with Crippen LogP contribution in [-0.4, -0.2) is 29.4 Å². The monoisotopic (exact) mass is 327 g/mol. The first kappa shape index (κ1) is 13.7. The highest BCUT2D eigenvalue weighted by Crippen LogP contribution is 2.17. The smallest absolute Gasteiger partial charge is 0.140 e. The Bertz CT molecular complexity index is 536. The molecule has 0 fully saturated rings. The van der Waals surface area contributed by atoms with E-state index in [4.69, 9.17) is 4.74 Å². The van der Waals surface area contributed by atoms with E-state index >= 15 is 0 Å². The quantitative estimate of drug-likeness (QED) is 0.623. The molecule has 2 aromatic rings. The van der Waals surface area contributed by atoms with Crippen LogP contribution in [0, 0.1) is 0 Å². The van der Waals surface area contributed by atoms with Gasteiger partial charge in [0.15, 0.2) is 0 Å². The van der Waals surface area contributed by atoms with Gasteiger partial charge in [0.05, 0.1) is 11.7 Å². The number of hydrogen-bond acceptors (Lipinski definition) is 3. The number of rotatable bonds is 5. The second kappa shape index (κ2) is 5.50. The van der Waals surface area contributed by atoms with Gasteiger partial charge in [0.1, 0.15) is 12.2 Å². The Morgan fingerprint density at radius 1 is 1.33 bits per heavy atom. The highest BCUT2D eigenvalue weighted by atomic mass is 79.9. The Labute approximate surface area is 116 Å².